The van der Waals surface area contributed by atoms with Crippen LogP contribution in [0.2, 0.25) is 0 Å². The number of likely N-dealkylation sites (tertiary alicyclic amines) is 1. The Morgan fingerprint density at radius 1 is 1.31 bits per heavy atom. The number of benzene rings is 1. The van der Waals surface area contributed by atoms with Crippen LogP contribution in [0.15, 0.2) is 36.7 Å². The third-order valence-electron chi connectivity index (χ3n) is 4.48. The molecular formula is C18H21N3O5. The fourth-order valence-corrected chi connectivity index (χ4v) is 3.21. The van der Waals surface area contributed by atoms with Gasteiger partial charge in [-0.15, -0.1) is 0 Å². The summed E-state index contributed by atoms with van der Waals surface area (Å²) in [6.45, 7) is 2.33. The van der Waals surface area contributed by atoms with Crippen molar-refractivity contribution in [2.45, 2.75) is 25.5 Å². The largest absolute Gasteiger partial charge is 0.465 e. The quantitative estimate of drug-likeness (QED) is 0.809. The smallest absolute Gasteiger partial charge is 0.407 e. The molecule has 1 aliphatic rings. The van der Waals surface area contributed by atoms with E-state index in [-0.39, 0.29) is 25.4 Å². The van der Waals surface area contributed by atoms with Crippen LogP contribution < -0.4 is 0 Å². The number of aromatic nitrogens is 2. The average molecular weight is 359 g/mol. The first-order valence-electron chi connectivity index (χ1n) is 8.48. The third-order valence-corrected chi connectivity index (χ3v) is 4.48. The second-order valence-corrected chi connectivity index (χ2v) is 6.09. The number of esters is 1. The van der Waals surface area contributed by atoms with Gasteiger partial charge in [-0.3, -0.25) is 0 Å². The molecule has 0 spiro atoms. The molecule has 138 valence electrons. The van der Waals surface area contributed by atoms with Gasteiger partial charge < -0.3 is 24.4 Å². The van der Waals surface area contributed by atoms with E-state index in [0.717, 1.165) is 5.56 Å². The first kappa shape index (κ1) is 17.9. The molecular weight excluding hydrogens is 338 g/mol. The van der Waals surface area contributed by atoms with Gasteiger partial charge in [-0.1, -0.05) is 30.3 Å². The summed E-state index contributed by atoms with van der Waals surface area (Å²) >= 11 is 0. The van der Waals surface area contributed by atoms with Gasteiger partial charge in [-0.2, -0.15) is 0 Å². The standard InChI is InChI=1S/C18H21N3O5/c1-2-26-17(23)15-16(12-6-4-3-5-7-12)21(11-19-15)13-10-20(18(24)25)9-8-14(13)22/h3-7,11,13-14,22H,2,8-10H2,1H3,(H,24,25). The van der Waals surface area contributed by atoms with E-state index >= 15 is 0 Å². The summed E-state index contributed by atoms with van der Waals surface area (Å²) in [5.41, 5.74) is 1.41. The lowest BCUT2D eigenvalue weighted by atomic mass is 10.0. The van der Waals surface area contributed by atoms with Gasteiger partial charge in [0.2, 0.25) is 0 Å². The highest BCUT2D eigenvalue weighted by atomic mass is 16.5. The topological polar surface area (TPSA) is 105 Å². The van der Waals surface area contributed by atoms with Crippen LogP contribution in [0.1, 0.15) is 29.9 Å². The summed E-state index contributed by atoms with van der Waals surface area (Å²) in [6, 6.07) is 8.66. The minimum Gasteiger partial charge on any atom is -0.465 e. The van der Waals surface area contributed by atoms with E-state index in [0.29, 0.717) is 12.1 Å². The van der Waals surface area contributed by atoms with Crippen molar-refractivity contribution < 1.29 is 24.5 Å². The first-order chi connectivity index (χ1) is 12.5. The summed E-state index contributed by atoms with van der Waals surface area (Å²) in [5.74, 6) is -0.550. The lowest BCUT2D eigenvalue weighted by molar-refractivity contribution is 0.0351. The monoisotopic (exact) mass is 359 g/mol. The number of rotatable bonds is 4. The van der Waals surface area contributed by atoms with Gasteiger partial charge in [0.25, 0.3) is 0 Å². The molecule has 0 radical (unpaired) electrons. The van der Waals surface area contributed by atoms with Gasteiger partial charge in [0.1, 0.15) is 0 Å². The molecule has 2 atom stereocenters. The maximum Gasteiger partial charge on any atom is 0.407 e. The molecule has 1 fully saturated rings. The van der Waals surface area contributed by atoms with E-state index in [1.807, 2.05) is 30.3 Å². The molecule has 1 aromatic heterocycles. The van der Waals surface area contributed by atoms with Crippen molar-refractivity contribution in [2.75, 3.05) is 19.7 Å². The predicted octanol–water partition coefficient (Wildman–Crippen LogP) is 2.01. The Labute approximate surface area is 150 Å². The van der Waals surface area contributed by atoms with Crippen molar-refractivity contribution in [2.24, 2.45) is 0 Å². The summed E-state index contributed by atoms with van der Waals surface area (Å²) in [6.07, 6.45) is 0.0116. The summed E-state index contributed by atoms with van der Waals surface area (Å²) in [5, 5.41) is 19.7. The van der Waals surface area contributed by atoms with Crippen LogP contribution in [0.3, 0.4) is 0 Å². The number of aliphatic hydroxyl groups is 1. The molecule has 2 aromatic rings. The number of imidazole rings is 1. The van der Waals surface area contributed by atoms with Crippen molar-refractivity contribution in [1.82, 2.24) is 14.5 Å². The van der Waals surface area contributed by atoms with Crippen molar-refractivity contribution in [1.29, 1.82) is 0 Å². The predicted molar refractivity (Wildman–Crippen MR) is 92.9 cm³/mol. The second-order valence-electron chi connectivity index (χ2n) is 6.09. The molecule has 0 bridgehead atoms. The van der Waals surface area contributed by atoms with Crippen LogP contribution in [0.5, 0.6) is 0 Å². The lowest BCUT2D eigenvalue weighted by Gasteiger charge is -2.36. The number of nitrogens with zero attached hydrogens (tertiary/aromatic N) is 3. The first-order valence-corrected chi connectivity index (χ1v) is 8.48. The van der Waals surface area contributed by atoms with E-state index < -0.39 is 24.2 Å². The number of carbonyl (C=O) groups excluding carboxylic acids is 1. The van der Waals surface area contributed by atoms with E-state index in [4.69, 9.17) is 4.74 Å². The van der Waals surface area contributed by atoms with E-state index in [9.17, 15) is 19.8 Å². The third kappa shape index (κ3) is 3.41. The van der Waals surface area contributed by atoms with E-state index in [1.54, 1.807) is 11.5 Å². The molecule has 1 saturated heterocycles. The molecule has 8 nitrogen and oxygen atoms in total. The van der Waals surface area contributed by atoms with Gasteiger partial charge in [-0.25, -0.2) is 14.6 Å². The molecule has 3 rings (SSSR count). The van der Waals surface area contributed by atoms with Crippen molar-refractivity contribution in [3.05, 3.63) is 42.4 Å². The number of piperidine rings is 1. The second kappa shape index (κ2) is 7.57. The number of ether oxygens (including phenoxy) is 1. The maximum absolute atomic E-state index is 12.3. The number of carbonyl (C=O) groups is 2. The SMILES string of the molecule is CCOC(=O)c1ncn(C2CN(C(=O)O)CCC2O)c1-c1ccccc1. The van der Waals surface area contributed by atoms with Gasteiger partial charge in [-0.05, 0) is 13.3 Å². The summed E-state index contributed by atoms with van der Waals surface area (Å²) in [7, 11) is 0. The molecule has 26 heavy (non-hydrogen) atoms. The lowest BCUT2D eigenvalue weighted by Crippen LogP contribution is -2.46. The van der Waals surface area contributed by atoms with Crippen molar-refractivity contribution in [3.8, 4) is 11.3 Å². The molecule has 2 unspecified atom stereocenters. The van der Waals surface area contributed by atoms with Crippen LogP contribution in [0.25, 0.3) is 11.3 Å². The minimum absolute atomic E-state index is 0.120. The van der Waals surface area contributed by atoms with E-state index in [2.05, 4.69) is 4.98 Å². The summed E-state index contributed by atoms with van der Waals surface area (Å²) in [4.78, 5) is 29.1. The zero-order valence-corrected chi connectivity index (χ0v) is 14.4. The minimum atomic E-state index is -1.03. The normalized spacial score (nSPS) is 20.0. The van der Waals surface area contributed by atoms with E-state index in [1.165, 1.54) is 11.2 Å². The van der Waals surface area contributed by atoms with Crippen LogP contribution in [-0.4, -0.2) is 62.5 Å². The van der Waals surface area contributed by atoms with Gasteiger partial charge >= 0.3 is 12.1 Å². The molecule has 1 aliphatic heterocycles. The van der Waals surface area contributed by atoms with Crippen LogP contribution >= 0.6 is 0 Å². The highest BCUT2D eigenvalue weighted by Gasteiger charge is 2.34. The van der Waals surface area contributed by atoms with Gasteiger partial charge in [0.15, 0.2) is 5.69 Å². The van der Waals surface area contributed by atoms with Gasteiger partial charge in [0.05, 0.1) is 30.8 Å². The maximum atomic E-state index is 12.3. The Kier molecular flexibility index (Phi) is 5.22. The molecule has 2 heterocycles. The molecule has 0 aliphatic carbocycles. The Balaban J connectivity index is 2.06. The Morgan fingerprint density at radius 3 is 2.69 bits per heavy atom. The molecule has 0 saturated carbocycles. The zero-order chi connectivity index (χ0) is 18.7. The number of hydrogen-bond acceptors (Lipinski definition) is 5. The average Bonchev–Trinajstić information content (AvgIpc) is 3.07. The number of hydrogen-bond donors (Lipinski definition) is 2. The highest BCUT2D eigenvalue weighted by Crippen LogP contribution is 2.31. The molecule has 8 heteroatoms. The van der Waals surface area contributed by atoms with Crippen LogP contribution in [-0.2, 0) is 4.74 Å². The number of aliphatic hydroxyl groups excluding tert-OH is 1. The molecule has 1 amide bonds. The van der Waals surface area contributed by atoms with Crippen LogP contribution in [0.4, 0.5) is 4.79 Å². The van der Waals surface area contributed by atoms with Crippen molar-refractivity contribution in [3.63, 3.8) is 0 Å². The zero-order valence-electron chi connectivity index (χ0n) is 14.4. The molecule has 2 N–H and O–H groups in total. The fourth-order valence-electron chi connectivity index (χ4n) is 3.21. The Bertz CT molecular complexity index is 789. The fraction of sp³-hybridized carbons (Fsp3) is 0.389. The number of carboxylic acid groups (broad SMARTS) is 1. The number of amides is 1. The Morgan fingerprint density at radius 2 is 2.04 bits per heavy atom. The highest BCUT2D eigenvalue weighted by molar-refractivity contribution is 5.94. The van der Waals surface area contributed by atoms with Crippen molar-refractivity contribution >= 4 is 12.1 Å². The molecule has 1 aromatic carbocycles. The van der Waals surface area contributed by atoms with Crippen LogP contribution in [0, 0.1) is 0 Å². The summed E-state index contributed by atoms with van der Waals surface area (Å²) < 4.78 is 6.78. The van der Waals surface area contributed by atoms with Gasteiger partial charge in [0, 0.05) is 18.7 Å². The Hall–Kier alpha value is -2.87.